The summed E-state index contributed by atoms with van der Waals surface area (Å²) in [5, 5.41) is 2.76. The molecule has 1 heterocycles. The average molecular weight is 214 g/mol. The van der Waals surface area contributed by atoms with E-state index in [0.29, 0.717) is 25.6 Å². The Kier molecular flexibility index (Phi) is 4.39. The summed E-state index contributed by atoms with van der Waals surface area (Å²) in [6.07, 6.45) is 0.407. The molecule has 0 aromatic carbocycles. The molecule has 15 heavy (non-hydrogen) atoms. The van der Waals surface area contributed by atoms with Crippen LogP contribution in [-0.2, 0) is 9.53 Å². The van der Waals surface area contributed by atoms with Crippen LogP contribution in [0.25, 0.3) is 0 Å². The Balaban J connectivity index is 2.27. The molecule has 1 fully saturated rings. The van der Waals surface area contributed by atoms with Crippen molar-refractivity contribution in [3.63, 3.8) is 0 Å². The van der Waals surface area contributed by atoms with Crippen molar-refractivity contribution in [1.82, 2.24) is 10.2 Å². The zero-order valence-electron chi connectivity index (χ0n) is 9.28. The van der Waals surface area contributed by atoms with Crippen LogP contribution >= 0.6 is 0 Å². The lowest BCUT2D eigenvalue weighted by atomic mass is 10.2. The van der Waals surface area contributed by atoms with Gasteiger partial charge < -0.3 is 10.1 Å². The quantitative estimate of drug-likeness (QED) is 0.745. The summed E-state index contributed by atoms with van der Waals surface area (Å²) in [7, 11) is 0. The highest BCUT2D eigenvalue weighted by Crippen LogP contribution is 2.03. The molecule has 1 aliphatic rings. The fourth-order valence-electron chi connectivity index (χ4n) is 1.29. The Morgan fingerprint density at radius 2 is 2.33 bits per heavy atom. The first-order valence-electron chi connectivity index (χ1n) is 5.28. The average Bonchev–Trinajstić information content (AvgIpc) is 2.18. The minimum absolute atomic E-state index is 0.103. The molecular formula is C10H18N2O3. The van der Waals surface area contributed by atoms with Crippen molar-refractivity contribution in [2.75, 3.05) is 26.2 Å². The van der Waals surface area contributed by atoms with E-state index in [1.807, 2.05) is 13.8 Å². The normalized spacial score (nSPS) is 16.5. The van der Waals surface area contributed by atoms with Gasteiger partial charge in [0.15, 0.2) is 0 Å². The summed E-state index contributed by atoms with van der Waals surface area (Å²) >= 11 is 0. The Morgan fingerprint density at radius 3 is 2.93 bits per heavy atom. The maximum absolute atomic E-state index is 11.4. The maximum atomic E-state index is 11.4. The number of hydrogen-bond acceptors (Lipinski definition) is 3. The summed E-state index contributed by atoms with van der Waals surface area (Å²) < 4.78 is 4.82. The molecule has 0 saturated carbocycles. The van der Waals surface area contributed by atoms with Crippen LogP contribution in [-0.4, -0.2) is 43.1 Å². The van der Waals surface area contributed by atoms with Crippen LogP contribution in [0, 0.1) is 5.92 Å². The van der Waals surface area contributed by atoms with Crippen LogP contribution in [0.15, 0.2) is 0 Å². The fraction of sp³-hybridized carbons (Fsp3) is 0.800. The highest BCUT2D eigenvalue weighted by Gasteiger charge is 2.21. The first-order chi connectivity index (χ1) is 7.09. The van der Waals surface area contributed by atoms with Gasteiger partial charge in [-0.1, -0.05) is 13.8 Å². The number of carbonyl (C=O) groups excluding carboxylic acids is 2. The second-order valence-electron chi connectivity index (χ2n) is 4.09. The van der Waals surface area contributed by atoms with E-state index in [2.05, 4.69) is 5.32 Å². The molecule has 5 heteroatoms. The van der Waals surface area contributed by atoms with Gasteiger partial charge in [0.05, 0.1) is 6.61 Å². The molecular weight excluding hydrogens is 196 g/mol. The molecule has 0 radical (unpaired) electrons. The molecule has 0 aliphatic carbocycles. The monoisotopic (exact) mass is 214 g/mol. The number of amides is 2. The molecule has 0 unspecified atom stereocenters. The van der Waals surface area contributed by atoms with Gasteiger partial charge in [-0.25, -0.2) is 4.79 Å². The van der Waals surface area contributed by atoms with Gasteiger partial charge >= 0.3 is 6.09 Å². The van der Waals surface area contributed by atoms with E-state index < -0.39 is 0 Å². The molecule has 1 N–H and O–H groups in total. The van der Waals surface area contributed by atoms with Gasteiger partial charge in [0.25, 0.3) is 0 Å². The van der Waals surface area contributed by atoms with Crippen LogP contribution in [0.1, 0.15) is 20.3 Å². The molecule has 0 atom stereocenters. The Labute approximate surface area is 89.8 Å². The Hall–Kier alpha value is -1.26. The van der Waals surface area contributed by atoms with Gasteiger partial charge in [0.2, 0.25) is 5.91 Å². The van der Waals surface area contributed by atoms with Gasteiger partial charge in [0, 0.05) is 13.1 Å². The predicted molar refractivity (Wildman–Crippen MR) is 55.4 cm³/mol. The third kappa shape index (κ3) is 4.18. The minimum Gasteiger partial charge on any atom is -0.449 e. The van der Waals surface area contributed by atoms with Crippen molar-refractivity contribution in [3.05, 3.63) is 0 Å². The lowest BCUT2D eigenvalue weighted by Crippen LogP contribution is -2.44. The fourth-order valence-corrected chi connectivity index (χ4v) is 1.29. The number of cyclic esters (lactones) is 1. The van der Waals surface area contributed by atoms with E-state index in [1.54, 1.807) is 0 Å². The van der Waals surface area contributed by atoms with Gasteiger partial charge in [-0.2, -0.15) is 0 Å². The van der Waals surface area contributed by atoms with Crippen LogP contribution in [0.2, 0.25) is 0 Å². The van der Waals surface area contributed by atoms with Gasteiger partial charge in [-0.15, -0.1) is 0 Å². The van der Waals surface area contributed by atoms with Gasteiger partial charge in [-0.05, 0) is 12.3 Å². The summed E-state index contributed by atoms with van der Waals surface area (Å²) in [6, 6.07) is 0. The standard InChI is InChI=1S/C10H18N2O3/c1-8(2)6-11-9(13)7-12-4-3-5-15-10(12)14/h8H,3-7H2,1-2H3,(H,11,13). The highest BCUT2D eigenvalue weighted by atomic mass is 16.6. The third-order valence-corrected chi connectivity index (χ3v) is 2.10. The SMILES string of the molecule is CC(C)CNC(=O)CN1CCCOC1=O. The van der Waals surface area contributed by atoms with E-state index in [1.165, 1.54) is 4.90 Å². The summed E-state index contributed by atoms with van der Waals surface area (Å²) in [5.74, 6) is 0.296. The molecule has 2 amide bonds. The molecule has 0 aromatic heterocycles. The van der Waals surface area contributed by atoms with Crippen molar-refractivity contribution < 1.29 is 14.3 Å². The maximum Gasteiger partial charge on any atom is 0.410 e. The molecule has 0 bridgehead atoms. The number of nitrogens with one attached hydrogen (secondary N) is 1. The molecule has 1 rings (SSSR count). The highest BCUT2D eigenvalue weighted by molar-refractivity contribution is 5.82. The molecule has 0 aromatic rings. The van der Waals surface area contributed by atoms with E-state index in [-0.39, 0.29) is 18.5 Å². The van der Waals surface area contributed by atoms with Crippen molar-refractivity contribution in [2.45, 2.75) is 20.3 Å². The largest absolute Gasteiger partial charge is 0.449 e. The lowest BCUT2D eigenvalue weighted by Gasteiger charge is -2.25. The van der Waals surface area contributed by atoms with E-state index in [9.17, 15) is 9.59 Å². The summed E-state index contributed by atoms with van der Waals surface area (Å²) in [5.41, 5.74) is 0. The number of carbonyl (C=O) groups is 2. The van der Waals surface area contributed by atoms with E-state index >= 15 is 0 Å². The van der Waals surface area contributed by atoms with Crippen molar-refractivity contribution in [2.24, 2.45) is 5.92 Å². The number of ether oxygens (including phenoxy) is 1. The van der Waals surface area contributed by atoms with Crippen LogP contribution in [0.3, 0.4) is 0 Å². The van der Waals surface area contributed by atoms with Crippen LogP contribution in [0.5, 0.6) is 0 Å². The number of hydrogen-bond donors (Lipinski definition) is 1. The van der Waals surface area contributed by atoms with Crippen molar-refractivity contribution >= 4 is 12.0 Å². The van der Waals surface area contributed by atoms with Crippen LogP contribution < -0.4 is 5.32 Å². The Morgan fingerprint density at radius 1 is 1.60 bits per heavy atom. The zero-order chi connectivity index (χ0) is 11.3. The van der Waals surface area contributed by atoms with Crippen molar-refractivity contribution in [3.8, 4) is 0 Å². The molecule has 5 nitrogen and oxygen atoms in total. The van der Waals surface area contributed by atoms with E-state index in [0.717, 1.165) is 6.42 Å². The van der Waals surface area contributed by atoms with Crippen LogP contribution in [0.4, 0.5) is 4.79 Å². The summed E-state index contributed by atoms with van der Waals surface area (Å²) in [4.78, 5) is 24.0. The number of nitrogens with zero attached hydrogens (tertiary/aromatic N) is 1. The minimum atomic E-state index is -0.388. The topological polar surface area (TPSA) is 58.6 Å². The van der Waals surface area contributed by atoms with E-state index in [4.69, 9.17) is 4.74 Å². The van der Waals surface area contributed by atoms with Gasteiger partial charge in [0.1, 0.15) is 6.54 Å². The third-order valence-electron chi connectivity index (χ3n) is 2.10. The molecule has 0 spiro atoms. The predicted octanol–water partition coefficient (Wildman–Crippen LogP) is 0.601. The lowest BCUT2D eigenvalue weighted by molar-refractivity contribution is -0.122. The molecule has 1 saturated heterocycles. The Bertz CT molecular complexity index is 241. The number of rotatable bonds is 4. The van der Waals surface area contributed by atoms with Crippen molar-refractivity contribution in [1.29, 1.82) is 0 Å². The second kappa shape index (κ2) is 5.58. The first kappa shape index (κ1) is 11.8. The smallest absolute Gasteiger partial charge is 0.410 e. The zero-order valence-corrected chi connectivity index (χ0v) is 9.28. The first-order valence-corrected chi connectivity index (χ1v) is 5.28. The molecule has 1 aliphatic heterocycles. The summed E-state index contributed by atoms with van der Waals surface area (Å²) in [6.45, 7) is 5.86. The van der Waals surface area contributed by atoms with Gasteiger partial charge in [-0.3, -0.25) is 9.69 Å². The molecule has 86 valence electrons. The second-order valence-corrected chi connectivity index (χ2v) is 4.09.